The van der Waals surface area contributed by atoms with Crippen molar-refractivity contribution in [1.29, 1.82) is 5.26 Å². The van der Waals surface area contributed by atoms with E-state index in [1.54, 1.807) is 31.2 Å². The predicted molar refractivity (Wildman–Crippen MR) is 59.3 cm³/mol. The van der Waals surface area contributed by atoms with Gasteiger partial charge in [-0.3, -0.25) is 0 Å². The fourth-order valence-electron chi connectivity index (χ4n) is 1.13. The van der Waals surface area contributed by atoms with Gasteiger partial charge in [-0.15, -0.1) is 0 Å². The summed E-state index contributed by atoms with van der Waals surface area (Å²) in [4.78, 5) is 11.6. The van der Waals surface area contributed by atoms with E-state index in [0.717, 1.165) is 0 Å². The molecule has 1 aromatic carbocycles. The number of carbonyl (C=O) groups is 1. The standard InChI is InChI=1S/C11H10BrNO2/c1-2-15-10(14)11(12,8-13)9-6-4-3-5-7-9/h3-7H,2H2,1H3. The minimum Gasteiger partial charge on any atom is -0.464 e. The molecule has 0 saturated carbocycles. The molecular formula is C11H10BrNO2. The molecule has 0 aromatic heterocycles. The molecule has 78 valence electrons. The Bertz CT molecular complexity index is 385. The van der Waals surface area contributed by atoms with Crippen molar-refractivity contribution in [2.75, 3.05) is 6.61 Å². The fraction of sp³-hybridized carbons (Fsp3) is 0.273. The molecule has 0 aliphatic heterocycles. The summed E-state index contributed by atoms with van der Waals surface area (Å²) in [6.45, 7) is 1.95. The van der Waals surface area contributed by atoms with Gasteiger partial charge >= 0.3 is 5.97 Å². The summed E-state index contributed by atoms with van der Waals surface area (Å²) >= 11 is 3.12. The molecule has 0 amide bonds. The molecule has 0 bridgehead atoms. The highest BCUT2D eigenvalue weighted by Crippen LogP contribution is 2.31. The molecule has 0 aliphatic rings. The van der Waals surface area contributed by atoms with Crippen molar-refractivity contribution in [2.24, 2.45) is 0 Å². The smallest absolute Gasteiger partial charge is 0.342 e. The van der Waals surface area contributed by atoms with Crippen molar-refractivity contribution in [3.63, 3.8) is 0 Å². The van der Waals surface area contributed by atoms with Gasteiger partial charge in [-0.25, -0.2) is 4.79 Å². The van der Waals surface area contributed by atoms with Crippen molar-refractivity contribution < 1.29 is 9.53 Å². The van der Waals surface area contributed by atoms with E-state index in [1.165, 1.54) is 0 Å². The fourth-order valence-corrected chi connectivity index (χ4v) is 1.51. The Morgan fingerprint density at radius 2 is 2.13 bits per heavy atom. The monoisotopic (exact) mass is 267 g/mol. The van der Waals surface area contributed by atoms with Gasteiger partial charge in [0.25, 0.3) is 0 Å². The molecule has 3 nitrogen and oxygen atoms in total. The van der Waals surface area contributed by atoms with Crippen LogP contribution in [-0.2, 0) is 13.9 Å². The van der Waals surface area contributed by atoms with Crippen LogP contribution in [0, 0.1) is 11.3 Å². The van der Waals surface area contributed by atoms with Crippen LogP contribution in [0.25, 0.3) is 0 Å². The predicted octanol–water partition coefficient (Wildman–Crippen LogP) is 2.36. The molecule has 0 fully saturated rings. The highest BCUT2D eigenvalue weighted by Gasteiger charge is 2.39. The van der Waals surface area contributed by atoms with Crippen LogP contribution in [0.3, 0.4) is 0 Å². The molecule has 0 aliphatic carbocycles. The third-order valence-corrected chi connectivity index (χ3v) is 2.84. The highest BCUT2D eigenvalue weighted by molar-refractivity contribution is 9.10. The summed E-state index contributed by atoms with van der Waals surface area (Å²) < 4.78 is 3.45. The first kappa shape index (κ1) is 11.7. The lowest BCUT2D eigenvalue weighted by Gasteiger charge is -2.17. The van der Waals surface area contributed by atoms with E-state index in [2.05, 4.69) is 15.9 Å². The summed E-state index contributed by atoms with van der Waals surface area (Å²) in [7, 11) is 0. The number of hydrogen-bond acceptors (Lipinski definition) is 3. The molecule has 0 N–H and O–H groups in total. The number of alkyl halides is 1. The summed E-state index contributed by atoms with van der Waals surface area (Å²) in [6.07, 6.45) is 0. The van der Waals surface area contributed by atoms with Crippen molar-refractivity contribution in [3.05, 3.63) is 35.9 Å². The first-order valence-corrected chi connectivity index (χ1v) is 5.27. The lowest BCUT2D eigenvalue weighted by Crippen LogP contribution is -2.29. The number of nitriles is 1. The Hall–Kier alpha value is -1.34. The van der Waals surface area contributed by atoms with Crippen LogP contribution >= 0.6 is 15.9 Å². The molecule has 0 spiro atoms. The molecular weight excluding hydrogens is 258 g/mol. The van der Waals surface area contributed by atoms with Crippen LogP contribution in [0.15, 0.2) is 30.3 Å². The number of benzene rings is 1. The number of hydrogen-bond donors (Lipinski definition) is 0. The average molecular weight is 268 g/mol. The topological polar surface area (TPSA) is 50.1 Å². The molecule has 1 rings (SSSR count). The van der Waals surface area contributed by atoms with Gasteiger partial charge in [-0.2, -0.15) is 5.26 Å². The van der Waals surface area contributed by atoms with E-state index < -0.39 is 10.3 Å². The summed E-state index contributed by atoms with van der Waals surface area (Å²) in [5.74, 6) is -0.585. The summed E-state index contributed by atoms with van der Waals surface area (Å²) in [5.41, 5.74) is 0.575. The second kappa shape index (κ2) is 4.94. The maximum absolute atomic E-state index is 11.6. The van der Waals surface area contributed by atoms with Crippen molar-refractivity contribution in [1.82, 2.24) is 0 Å². The molecule has 0 heterocycles. The van der Waals surface area contributed by atoms with Gasteiger partial charge in [0.15, 0.2) is 0 Å². The van der Waals surface area contributed by atoms with Crippen molar-refractivity contribution in [3.8, 4) is 6.07 Å². The third kappa shape index (κ3) is 2.37. The van der Waals surface area contributed by atoms with E-state index in [9.17, 15) is 4.79 Å². The number of nitrogens with zero attached hydrogens (tertiary/aromatic N) is 1. The lowest BCUT2D eigenvalue weighted by atomic mass is 10.0. The van der Waals surface area contributed by atoms with Gasteiger partial charge in [-0.1, -0.05) is 46.3 Å². The van der Waals surface area contributed by atoms with Crippen LogP contribution in [0.1, 0.15) is 12.5 Å². The van der Waals surface area contributed by atoms with Crippen LogP contribution in [0.2, 0.25) is 0 Å². The van der Waals surface area contributed by atoms with Crippen LogP contribution in [0.4, 0.5) is 0 Å². The van der Waals surface area contributed by atoms with E-state index in [4.69, 9.17) is 10.00 Å². The van der Waals surface area contributed by atoms with E-state index in [-0.39, 0.29) is 6.61 Å². The molecule has 1 unspecified atom stereocenters. The zero-order valence-electron chi connectivity index (χ0n) is 8.24. The van der Waals surface area contributed by atoms with Crippen molar-refractivity contribution in [2.45, 2.75) is 11.2 Å². The minimum atomic E-state index is -1.40. The molecule has 4 heteroatoms. The normalized spacial score (nSPS) is 13.7. The number of rotatable bonds is 3. The van der Waals surface area contributed by atoms with Gasteiger partial charge in [0.05, 0.1) is 12.7 Å². The summed E-state index contributed by atoms with van der Waals surface area (Å²) in [5, 5.41) is 9.04. The SMILES string of the molecule is CCOC(=O)C(Br)(C#N)c1ccccc1. The third-order valence-electron chi connectivity index (χ3n) is 1.88. The van der Waals surface area contributed by atoms with Gasteiger partial charge in [-0.05, 0) is 12.5 Å². The Labute approximate surface area is 96.8 Å². The maximum atomic E-state index is 11.6. The van der Waals surface area contributed by atoms with E-state index in [0.29, 0.717) is 5.56 Å². The number of halogens is 1. The Balaban J connectivity index is 3.07. The largest absolute Gasteiger partial charge is 0.464 e. The first-order chi connectivity index (χ1) is 7.15. The second-order valence-corrected chi connectivity index (χ2v) is 4.05. The highest BCUT2D eigenvalue weighted by atomic mass is 79.9. The quantitative estimate of drug-likeness (QED) is 0.624. The molecule has 1 atom stereocenters. The lowest BCUT2D eigenvalue weighted by molar-refractivity contribution is -0.144. The van der Waals surface area contributed by atoms with Gasteiger partial charge < -0.3 is 4.74 Å². The zero-order chi connectivity index (χ0) is 11.3. The van der Waals surface area contributed by atoms with E-state index in [1.807, 2.05) is 12.1 Å². The molecule has 0 radical (unpaired) electrons. The Kier molecular flexibility index (Phi) is 3.87. The van der Waals surface area contributed by atoms with E-state index >= 15 is 0 Å². The maximum Gasteiger partial charge on any atom is 0.342 e. The number of ether oxygens (including phenoxy) is 1. The van der Waals surface area contributed by atoms with Gasteiger partial charge in [0.2, 0.25) is 4.32 Å². The second-order valence-electron chi connectivity index (χ2n) is 2.86. The minimum absolute atomic E-state index is 0.251. The van der Waals surface area contributed by atoms with Crippen molar-refractivity contribution >= 4 is 21.9 Å². The van der Waals surface area contributed by atoms with Crippen LogP contribution in [0.5, 0.6) is 0 Å². The number of carbonyl (C=O) groups excluding carboxylic acids is 1. The molecule has 0 saturated heterocycles. The number of esters is 1. The summed E-state index contributed by atoms with van der Waals surface area (Å²) in [6, 6.07) is 10.7. The Morgan fingerprint density at radius 1 is 1.53 bits per heavy atom. The average Bonchev–Trinajstić information content (AvgIpc) is 2.29. The molecule has 1 aromatic rings. The van der Waals surface area contributed by atoms with Gasteiger partial charge in [0, 0.05) is 0 Å². The van der Waals surface area contributed by atoms with Crippen LogP contribution < -0.4 is 0 Å². The Morgan fingerprint density at radius 3 is 2.60 bits per heavy atom. The zero-order valence-corrected chi connectivity index (χ0v) is 9.82. The molecule has 15 heavy (non-hydrogen) atoms. The van der Waals surface area contributed by atoms with Gasteiger partial charge in [0.1, 0.15) is 0 Å². The van der Waals surface area contributed by atoms with Crippen LogP contribution in [-0.4, -0.2) is 12.6 Å². The first-order valence-electron chi connectivity index (χ1n) is 4.48.